The number of nitrogens with zero attached hydrogens (tertiary/aromatic N) is 1. The number of rotatable bonds is 8. The van der Waals surface area contributed by atoms with E-state index >= 15 is 0 Å². The van der Waals surface area contributed by atoms with E-state index in [0.717, 1.165) is 18.9 Å². The highest BCUT2D eigenvalue weighted by Crippen LogP contribution is 2.34. The zero-order chi connectivity index (χ0) is 20.2. The molecule has 0 spiro atoms. The van der Waals surface area contributed by atoms with Crippen LogP contribution in [0.1, 0.15) is 31.7 Å². The Bertz CT molecular complexity index is 955. The van der Waals surface area contributed by atoms with Crippen molar-refractivity contribution in [3.8, 4) is 0 Å². The Kier molecular flexibility index (Phi) is 6.66. The van der Waals surface area contributed by atoms with Gasteiger partial charge in [0.25, 0.3) is 0 Å². The monoisotopic (exact) mass is 405 g/mol. The molecule has 1 heterocycles. The van der Waals surface area contributed by atoms with Gasteiger partial charge in [0.1, 0.15) is 0 Å². The Balaban J connectivity index is 2.56. The number of nitrogens with one attached hydrogen (secondary N) is 1. The van der Waals surface area contributed by atoms with Gasteiger partial charge in [0.15, 0.2) is 0 Å². The highest BCUT2D eigenvalue weighted by atomic mass is 32.2. The van der Waals surface area contributed by atoms with Crippen molar-refractivity contribution in [2.75, 3.05) is 19.6 Å². The number of sulfonamides is 1. The highest BCUT2D eigenvalue weighted by molar-refractivity contribution is 7.89. The molecule has 3 N–H and O–H groups in total. The number of benzene rings is 1. The van der Waals surface area contributed by atoms with Crippen LogP contribution in [0, 0.1) is 0 Å². The van der Waals surface area contributed by atoms with Crippen molar-refractivity contribution in [1.29, 1.82) is 0 Å². The first-order chi connectivity index (χ1) is 12.6. The Labute approximate surface area is 155 Å². The lowest BCUT2D eigenvalue weighted by molar-refractivity contribution is -0.136. The quantitative estimate of drug-likeness (QED) is 0.660. The van der Waals surface area contributed by atoms with Crippen molar-refractivity contribution in [1.82, 2.24) is 9.29 Å². The average molecular weight is 405 g/mol. The number of nitrogens with two attached hydrogens (primary N) is 1. The molecule has 0 amide bonds. The number of unbranched alkanes of at least 4 members (excludes halogenated alkanes) is 2. The van der Waals surface area contributed by atoms with Gasteiger partial charge in [-0.25, -0.2) is 8.42 Å². The molecule has 0 aliphatic rings. The first-order valence-corrected chi connectivity index (χ1v) is 9.99. The lowest BCUT2D eigenvalue weighted by atomic mass is 10.1. The molecule has 27 heavy (non-hydrogen) atoms. The summed E-state index contributed by atoms with van der Waals surface area (Å²) in [5.41, 5.74) is 3.34. The molecule has 0 aliphatic carbocycles. The molecule has 1 aromatic carbocycles. The predicted octanol–water partition coefficient (Wildman–Crippen LogP) is 2.69. The summed E-state index contributed by atoms with van der Waals surface area (Å²) in [4.78, 5) is 13.5. The number of aromatic nitrogens is 1. The summed E-state index contributed by atoms with van der Waals surface area (Å²) in [6.45, 7) is 2.38. The number of alkyl halides is 3. The first kappa shape index (κ1) is 21.4. The second-order valence-corrected chi connectivity index (χ2v) is 8.09. The van der Waals surface area contributed by atoms with Crippen LogP contribution in [0.4, 0.5) is 13.2 Å². The lowest BCUT2D eigenvalue weighted by Gasteiger charge is -2.22. The second-order valence-electron chi connectivity index (χ2n) is 6.15. The summed E-state index contributed by atoms with van der Waals surface area (Å²) in [6.07, 6.45) is -2.43. The van der Waals surface area contributed by atoms with Gasteiger partial charge < -0.3 is 10.7 Å². The summed E-state index contributed by atoms with van der Waals surface area (Å²) >= 11 is 0. The van der Waals surface area contributed by atoms with Gasteiger partial charge in [-0.3, -0.25) is 4.79 Å². The topological polar surface area (TPSA) is 96.3 Å². The van der Waals surface area contributed by atoms with Crippen LogP contribution >= 0.6 is 0 Å². The fraction of sp³-hybridized carbons (Fsp3) is 0.471. The van der Waals surface area contributed by atoms with Gasteiger partial charge in [-0.2, -0.15) is 17.5 Å². The number of pyridine rings is 1. The van der Waals surface area contributed by atoms with Gasteiger partial charge in [0.2, 0.25) is 15.6 Å². The molecule has 0 saturated heterocycles. The average Bonchev–Trinajstić information content (AvgIpc) is 2.59. The maximum Gasteiger partial charge on any atom is 0.417 e. The summed E-state index contributed by atoms with van der Waals surface area (Å²) in [7, 11) is -4.01. The van der Waals surface area contributed by atoms with Gasteiger partial charge in [0, 0.05) is 36.6 Å². The summed E-state index contributed by atoms with van der Waals surface area (Å²) in [5, 5.41) is -0.371. The molecule has 0 fully saturated rings. The third-order valence-corrected chi connectivity index (χ3v) is 6.04. The van der Waals surface area contributed by atoms with E-state index in [4.69, 9.17) is 5.73 Å². The second kappa shape index (κ2) is 8.41. The van der Waals surface area contributed by atoms with E-state index in [1.54, 1.807) is 0 Å². The zero-order valence-corrected chi connectivity index (χ0v) is 15.7. The molecule has 2 aromatic rings. The minimum atomic E-state index is -4.78. The van der Waals surface area contributed by atoms with Crippen LogP contribution in [0.25, 0.3) is 10.9 Å². The summed E-state index contributed by atoms with van der Waals surface area (Å²) in [6, 6.07) is 3.74. The van der Waals surface area contributed by atoms with E-state index in [9.17, 15) is 26.4 Å². The zero-order valence-electron chi connectivity index (χ0n) is 14.8. The van der Waals surface area contributed by atoms with Gasteiger partial charge in [-0.1, -0.05) is 19.8 Å². The molecule has 0 unspecified atom stereocenters. The first-order valence-electron chi connectivity index (χ1n) is 8.55. The van der Waals surface area contributed by atoms with E-state index in [0.29, 0.717) is 12.5 Å². The Morgan fingerprint density at radius 3 is 2.44 bits per heavy atom. The largest absolute Gasteiger partial charge is 0.417 e. The van der Waals surface area contributed by atoms with Crippen LogP contribution < -0.4 is 11.3 Å². The molecular formula is C17H22F3N3O3S. The van der Waals surface area contributed by atoms with E-state index in [1.807, 2.05) is 6.92 Å². The standard InChI is InChI=1S/C17H22F3N3O3S/c1-2-3-4-8-23(9-7-21)27(25,26)12-5-6-15-13(10-12)14(17(18,19)20)11-16(24)22-15/h5-6,10-11H,2-4,7-9,21H2,1H3,(H,22,24). The number of fused-ring (bicyclic) bond motifs is 1. The Morgan fingerprint density at radius 1 is 1.15 bits per heavy atom. The van der Waals surface area contributed by atoms with E-state index in [-0.39, 0.29) is 35.4 Å². The van der Waals surface area contributed by atoms with E-state index in [2.05, 4.69) is 4.98 Å². The van der Waals surface area contributed by atoms with Crippen LogP contribution in [0.15, 0.2) is 34.0 Å². The molecule has 150 valence electrons. The van der Waals surface area contributed by atoms with Gasteiger partial charge >= 0.3 is 6.18 Å². The van der Waals surface area contributed by atoms with Crippen molar-refractivity contribution >= 4 is 20.9 Å². The van der Waals surface area contributed by atoms with Gasteiger partial charge in [-0.05, 0) is 24.6 Å². The molecule has 0 aliphatic heterocycles. The molecule has 0 bridgehead atoms. The molecule has 0 radical (unpaired) electrons. The third-order valence-electron chi connectivity index (χ3n) is 4.15. The van der Waals surface area contributed by atoms with Gasteiger partial charge in [-0.15, -0.1) is 0 Å². The van der Waals surface area contributed by atoms with E-state index < -0.39 is 27.3 Å². The molecule has 0 atom stereocenters. The van der Waals surface area contributed by atoms with Gasteiger partial charge in [0.05, 0.1) is 10.5 Å². The highest BCUT2D eigenvalue weighted by Gasteiger charge is 2.34. The van der Waals surface area contributed by atoms with Crippen LogP contribution in [-0.2, 0) is 16.2 Å². The molecule has 1 aromatic heterocycles. The summed E-state index contributed by atoms with van der Waals surface area (Å²) < 4.78 is 66.8. The minimum absolute atomic E-state index is 0.0713. The van der Waals surface area contributed by atoms with Crippen molar-refractivity contribution in [2.45, 2.75) is 37.3 Å². The van der Waals surface area contributed by atoms with E-state index in [1.165, 1.54) is 16.4 Å². The Morgan fingerprint density at radius 2 is 1.85 bits per heavy atom. The number of halogens is 3. The maximum absolute atomic E-state index is 13.3. The van der Waals surface area contributed by atoms with Crippen LogP contribution in [-0.4, -0.2) is 37.3 Å². The number of hydrogen-bond donors (Lipinski definition) is 2. The maximum atomic E-state index is 13.3. The lowest BCUT2D eigenvalue weighted by Crippen LogP contribution is -2.36. The SMILES string of the molecule is CCCCCN(CCN)S(=O)(=O)c1ccc2[nH]c(=O)cc(C(F)(F)F)c2c1. The molecule has 2 rings (SSSR count). The minimum Gasteiger partial charge on any atom is -0.329 e. The van der Waals surface area contributed by atoms with Crippen molar-refractivity contribution in [2.24, 2.45) is 5.73 Å². The fourth-order valence-corrected chi connectivity index (χ4v) is 4.33. The predicted molar refractivity (Wildman–Crippen MR) is 96.9 cm³/mol. The molecular weight excluding hydrogens is 383 g/mol. The van der Waals surface area contributed by atoms with Crippen LogP contribution in [0.3, 0.4) is 0 Å². The number of H-pyrrole nitrogens is 1. The number of aromatic amines is 1. The van der Waals surface area contributed by atoms with Crippen molar-refractivity contribution in [3.05, 3.63) is 40.2 Å². The number of hydrogen-bond acceptors (Lipinski definition) is 4. The molecule has 10 heteroatoms. The van der Waals surface area contributed by atoms with Crippen LogP contribution in [0.2, 0.25) is 0 Å². The smallest absolute Gasteiger partial charge is 0.329 e. The van der Waals surface area contributed by atoms with Crippen molar-refractivity contribution in [3.63, 3.8) is 0 Å². The van der Waals surface area contributed by atoms with Crippen molar-refractivity contribution < 1.29 is 21.6 Å². The Hall–Kier alpha value is -1.91. The molecule has 6 nitrogen and oxygen atoms in total. The fourth-order valence-electron chi connectivity index (χ4n) is 2.81. The normalized spacial score (nSPS) is 12.8. The summed E-state index contributed by atoms with van der Waals surface area (Å²) in [5.74, 6) is 0. The third kappa shape index (κ3) is 4.88. The molecule has 0 saturated carbocycles. The van der Waals surface area contributed by atoms with Crippen LogP contribution in [0.5, 0.6) is 0 Å².